The van der Waals surface area contributed by atoms with E-state index in [9.17, 15) is 14.4 Å². The maximum Gasteiger partial charge on any atom is 0.321 e. The molecule has 0 saturated carbocycles. The molecule has 2 aromatic rings. The Balaban J connectivity index is 1.66. The number of carbonyl (C=O) groups excluding carboxylic acids is 1. The van der Waals surface area contributed by atoms with Gasteiger partial charge in [-0.05, 0) is 30.7 Å². The van der Waals surface area contributed by atoms with Crippen molar-refractivity contribution in [3.05, 3.63) is 54.0 Å². The Morgan fingerprint density at radius 3 is 2.80 bits per heavy atom. The zero-order chi connectivity index (χ0) is 17.6. The number of urea groups is 1. The Kier molecular flexibility index (Phi) is 5.09. The molecule has 1 aliphatic rings. The van der Waals surface area contributed by atoms with Crippen molar-refractivity contribution in [2.45, 2.75) is 6.42 Å². The van der Waals surface area contributed by atoms with Gasteiger partial charge in [0.05, 0.1) is 11.3 Å². The van der Waals surface area contributed by atoms with E-state index in [1.165, 1.54) is 12.1 Å². The topological polar surface area (TPSA) is 72.3 Å². The highest BCUT2D eigenvalue weighted by Crippen LogP contribution is 2.19. The lowest BCUT2D eigenvalue weighted by molar-refractivity contribution is 0.215. The largest absolute Gasteiger partial charge is 0.354 e. The van der Waals surface area contributed by atoms with Gasteiger partial charge < -0.3 is 15.1 Å². The molecule has 3 rings (SSSR count). The molecule has 1 fully saturated rings. The van der Waals surface area contributed by atoms with Gasteiger partial charge in [0, 0.05) is 32.4 Å². The molecule has 0 radical (unpaired) electrons. The Morgan fingerprint density at radius 2 is 2.00 bits per heavy atom. The SMILES string of the molecule is N#Cc1cccnc1N1CCCN(C(=O)Nc2ccccc2F)CC1. The molecule has 25 heavy (non-hydrogen) atoms. The zero-order valence-corrected chi connectivity index (χ0v) is 13.7. The van der Waals surface area contributed by atoms with Crippen molar-refractivity contribution in [3.8, 4) is 6.07 Å². The van der Waals surface area contributed by atoms with Crippen LogP contribution in [0.5, 0.6) is 0 Å². The van der Waals surface area contributed by atoms with Crippen LogP contribution in [-0.2, 0) is 0 Å². The van der Waals surface area contributed by atoms with Gasteiger partial charge in [0.25, 0.3) is 0 Å². The molecule has 2 heterocycles. The lowest BCUT2D eigenvalue weighted by Crippen LogP contribution is -2.38. The number of halogens is 1. The van der Waals surface area contributed by atoms with Crippen LogP contribution >= 0.6 is 0 Å². The quantitative estimate of drug-likeness (QED) is 0.913. The highest BCUT2D eigenvalue weighted by molar-refractivity contribution is 5.89. The number of benzene rings is 1. The zero-order valence-electron chi connectivity index (χ0n) is 13.7. The van der Waals surface area contributed by atoms with E-state index >= 15 is 0 Å². The first kappa shape index (κ1) is 16.7. The van der Waals surface area contributed by atoms with Crippen LogP contribution in [0.4, 0.5) is 20.7 Å². The van der Waals surface area contributed by atoms with E-state index in [0.29, 0.717) is 37.6 Å². The molecular weight excluding hydrogens is 321 g/mol. The van der Waals surface area contributed by atoms with Crippen molar-refractivity contribution in [1.29, 1.82) is 5.26 Å². The molecule has 0 bridgehead atoms. The molecule has 1 aliphatic heterocycles. The number of hydrogen-bond acceptors (Lipinski definition) is 4. The summed E-state index contributed by atoms with van der Waals surface area (Å²) in [5.74, 6) is 0.181. The number of hydrogen-bond donors (Lipinski definition) is 1. The van der Waals surface area contributed by atoms with Crippen molar-refractivity contribution < 1.29 is 9.18 Å². The van der Waals surface area contributed by atoms with Crippen LogP contribution in [-0.4, -0.2) is 42.1 Å². The highest BCUT2D eigenvalue weighted by Gasteiger charge is 2.21. The summed E-state index contributed by atoms with van der Waals surface area (Å²) in [6.45, 7) is 2.30. The fourth-order valence-electron chi connectivity index (χ4n) is 2.83. The van der Waals surface area contributed by atoms with Gasteiger partial charge in [-0.3, -0.25) is 0 Å². The van der Waals surface area contributed by atoms with E-state index in [2.05, 4.69) is 16.4 Å². The number of aromatic nitrogens is 1. The molecule has 0 atom stereocenters. The first-order chi connectivity index (χ1) is 12.2. The maximum absolute atomic E-state index is 13.7. The van der Waals surface area contributed by atoms with Crippen LogP contribution in [0, 0.1) is 17.1 Å². The number of para-hydroxylation sites is 1. The first-order valence-corrected chi connectivity index (χ1v) is 8.09. The van der Waals surface area contributed by atoms with Gasteiger partial charge in [-0.2, -0.15) is 5.26 Å². The molecule has 1 aromatic carbocycles. The van der Waals surface area contributed by atoms with Gasteiger partial charge in [-0.1, -0.05) is 12.1 Å². The maximum atomic E-state index is 13.7. The first-order valence-electron chi connectivity index (χ1n) is 8.09. The van der Waals surface area contributed by atoms with Crippen molar-refractivity contribution in [1.82, 2.24) is 9.88 Å². The van der Waals surface area contributed by atoms with Gasteiger partial charge >= 0.3 is 6.03 Å². The minimum absolute atomic E-state index is 0.171. The third kappa shape index (κ3) is 3.86. The summed E-state index contributed by atoms with van der Waals surface area (Å²) in [6.07, 6.45) is 2.40. The summed E-state index contributed by atoms with van der Waals surface area (Å²) in [4.78, 5) is 20.4. The Morgan fingerprint density at radius 1 is 1.16 bits per heavy atom. The number of anilines is 2. The minimum atomic E-state index is -0.459. The number of pyridine rings is 1. The standard InChI is InChI=1S/C18H18FN5O/c19-15-6-1-2-7-16(15)22-18(25)24-10-4-9-23(11-12-24)17-14(13-20)5-3-8-21-17/h1-3,5-8H,4,9-12H2,(H,22,25). The van der Waals surface area contributed by atoms with Gasteiger partial charge in [-0.25, -0.2) is 14.2 Å². The average Bonchev–Trinajstić information content (AvgIpc) is 2.89. The number of amides is 2. The van der Waals surface area contributed by atoms with Crippen molar-refractivity contribution >= 4 is 17.5 Å². The molecule has 7 heteroatoms. The van der Waals surface area contributed by atoms with Crippen LogP contribution in [0.2, 0.25) is 0 Å². The molecule has 1 N–H and O–H groups in total. The molecule has 0 aliphatic carbocycles. The van der Waals surface area contributed by atoms with Crippen LogP contribution in [0.15, 0.2) is 42.6 Å². The van der Waals surface area contributed by atoms with Crippen LogP contribution < -0.4 is 10.2 Å². The minimum Gasteiger partial charge on any atom is -0.354 e. The van der Waals surface area contributed by atoms with Crippen LogP contribution in [0.3, 0.4) is 0 Å². The fraction of sp³-hybridized carbons (Fsp3) is 0.278. The van der Waals surface area contributed by atoms with E-state index in [1.54, 1.807) is 35.4 Å². The molecule has 128 valence electrons. The Bertz CT molecular complexity index is 804. The highest BCUT2D eigenvalue weighted by atomic mass is 19.1. The summed E-state index contributed by atoms with van der Waals surface area (Å²) in [6, 6.07) is 11.4. The van der Waals surface area contributed by atoms with Crippen molar-refractivity contribution in [3.63, 3.8) is 0 Å². The van der Waals surface area contributed by atoms with E-state index in [0.717, 1.165) is 6.42 Å². The van der Waals surface area contributed by atoms with Gasteiger partial charge in [0.15, 0.2) is 0 Å². The number of rotatable bonds is 2. The predicted octanol–water partition coefficient (Wildman–Crippen LogP) is 2.84. The molecule has 1 saturated heterocycles. The fourth-order valence-corrected chi connectivity index (χ4v) is 2.83. The molecule has 2 amide bonds. The second-order valence-corrected chi connectivity index (χ2v) is 5.72. The summed E-state index contributed by atoms with van der Waals surface area (Å²) in [5.41, 5.74) is 0.692. The smallest absolute Gasteiger partial charge is 0.321 e. The molecule has 0 spiro atoms. The molecule has 0 unspecified atom stereocenters. The number of nitrogens with zero attached hydrogens (tertiary/aromatic N) is 4. The van der Waals surface area contributed by atoms with E-state index in [-0.39, 0.29) is 11.7 Å². The van der Waals surface area contributed by atoms with Crippen molar-refractivity contribution in [2.75, 3.05) is 36.4 Å². The number of nitriles is 1. The Hall–Kier alpha value is -3.14. The average molecular weight is 339 g/mol. The van der Waals surface area contributed by atoms with E-state index in [1.807, 2.05) is 4.90 Å². The molecule has 6 nitrogen and oxygen atoms in total. The summed E-state index contributed by atoms with van der Waals surface area (Å²) in [7, 11) is 0. The van der Waals surface area contributed by atoms with Gasteiger partial charge in [0.2, 0.25) is 0 Å². The lowest BCUT2D eigenvalue weighted by Gasteiger charge is -2.23. The van der Waals surface area contributed by atoms with Gasteiger partial charge in [0.1, 0.15) is 17.7 Å². The third-order valence-electron chi connectivity index (χ3n) is 4.11. The van der Waals surface area contributed by atoms with Gasteiger partial charge in [-0.15, -0.1) is 0 Å². The predicted molar refractivity (Wildman–Crippen MR) is 92.8 cm³/mol. The normalized spacial score (nSPS) is 14.6. The van der Waals surface area contributed by atoms with Crippen LogP contribution in [0.25, 0.3) is 0 Å². The second-order valence-electron chi connectivity index (χ2n) is 5.72. The summed E-state index contributed by atoms with van der Waals surface area (Å²) < 4.78 is 13.7. The monoisotopic (exact) mass is 339 g/mol. The molecular formula is C18H18FN5O. The lowest BCUT2D eigenvalue weighted by atomic mass is 10.2. The van der Waals surface area contributed by atoms with E-state index in [4.69, 9.17) is 0 Å². The van der Waals surface area contributed by atoms with Crippen molar-refractivity contribution in [2.24, 2.45) is 0 Å². The second kappa shape index (κ2) is 7.62. The Labute approximate surface area is 145 Å². The third-order valence-corrected chi connectivity index (χ3v) is 4.11. The van der Waals surface area contributed by atoms with E-state index < -0.39 is 5.82 Å². The summed E-state index contributed by atoms with van der Waals surface area (Å²) in [5, 5.41) is 11.8. The number of nitrogens with one attached hydrogen (secondary N) is 1. The summed E-state index contributed by atoms with van der Waals surface area (Å²) >= 11 is 0. The van der Waals surface area contributed by atoms with Crippen LogP contribution in [0.1, 0.15) is 12.0 Å². The molecule has 1 aromatic heterocycles. The number of carbonyl (C=O) groups is 1.